The second-order valence-electron chi connectivity index (χ2n) is 6.85. The lowest BCUT2D eigenvalue weighted by Crippen LogP contribution is -2.25. The van der Waals surface area contributed by atoms with E-state index in [2.05, 4.69) is 13.2 Å². The molecule has 1 aromatic rings. The van der Waals surface area contributed by atoms with Gasteiger partial charge in [-0.2, -0.15) is 0 Å². The summed E-state index contributed by atoms with van der Waals surface area (Å²) < 4.78 is 5.56. The van der Waals surface area contributed by atoms with Crippen LogP contribution in [0.5, 0.6) is 5.75 Å². The highest BCUT2D eigenvalue weighted by atomic mass is 16.5. The van der Waals surface area contributed by atoms with Gasteiger partial charge in [-0.3, -0.25) is 4.79 Å². The Morgan fingerprint density at radius 2 is 1.75 bits per heavy atom. The summed E-state index contributed by atoms with van der Waals surface area (Å²) in [4.78, 5) is 12.3. The van der Waals surface area contributed by atoms with Crippen molar-refractivity contribution in [3.63, 3.8) is 0 Å². The zero-order valence-electron chi connectivity index (χ0n) is 14.7. The monoisotopic (exact) mass is 326 g/mol. The lowest BCUT2D eigenvalue weighted by molar-refractivity contribution is -0.140. The lowest BCUT2D eigenvalue weighted by Gasteiger charge is -2.27. The van der Waals surface area contributed by atoms with Crippen LogP contribution in [0.1, 0.15) is 56.9 Å². The van der Waals surface area contributed by atoms with Gasteiger partial charge in [0, 0.05) is 0 Å². The molecule has 1 aromatic carbocycles. The maximum Gasteiger partial charge on any atom is 0.314 e. The molecule has 0 aliphatic heterocycles. The van der Waals surface area contributed by atoms with Gasteiger partial charge in [-0.05, 0) is 68.6 Å². The van der Waals surface area contributed by atoms with Crippen molar-refractivity contribution < 1.29 is 9.53 Å². The molecule has 0 amide bonds. The zero-order valence-corrected chi connectivity index (χ0v) is 14.7. The van der Waals surface area contributed by atoms with Crippen LogP contribution in [0.2, 0.25) is 0 Å². The summed E-state index contributed by atoms with van der Waals surface area (Å²) in [6, 6.07) is 7.73. The maximum atomic E-state index is 12.3. The summed E-state index contributed by atoms with van der Waals surface area (Å²) in [5.74, 6) is 1.45. The predicted octanol–water partition coefficient (Wildman–Crippen LogP) is 5.87. The van der Waals surface area contributed by atoms with Crippen LogP contribution >= 0.6 is 0 Å². The Morgan fingerprint density at radius 1 is 1.04 bits per heavy atom. The first kappa shape index (κ1) is 18.5. The zero-order chi connectivity index (χ0) is 17.2. The third-order valence-corrected chi connectivity index (χ3v) is 4.97. The smallest absolute Gasteiger partial charge is 0.314 e. The minimum atomic E-state index is -0.0587. The highest BCUT2D eigenvalue weighted by Crippen LogP contribution is 2.33. The number of hydrogen-bond acceptors (Lipinski definition) is 2. The van der Waals surface area contributed by atoms with Gasteiger partial charge in [0.25, 0.3) is 0 Å². The van der Waals surface area contributed by atoms with Crippen LogP contribution in [0.4, 0.5) is 0 Å². The molecule has 0 spiro atoms. The van der Waals surface area contributed by atoms with Crippen LogP contribution in [-0.4, -0.2) is 5.97 Å². The Kier molecular flexibility index (Phi) is 7.81. The number of unbranched alkanes of at least 4 members (excludes halogenated alkanes) is 2. The Bertz CT molecular complexity index is 521. The van der Waals surface area contributed by atoms with E-state index in [0.29, 0.717) is 5.75 Å². The lowest BCUT2D eigenvalue weighted by atomic mass is 9.80. The first-order valence-corrected chi connectivity index (χ1v) is 9.25. The number of carbonyl (C=O) groups is 1. The summed E-state index contributed by atoms with van der Waals surface area (Å²) in [6.07, 6.45) is 13.9. The molecule has 0 saturated heterocycles. The molecule has 0 unspecified atom stereocenters. The second kappa shape index (κ2) is 10.1. The largest absolute Gasteiger partial charge is 0.426 e. The van der Waals surface area contributed by atoms with Gasteiger partial charge in [-0.1, -0.05) is 37.1 Å². The topological polar surface area (TPSA) is 26.3 Å². The molecule has 1 fully saturated rings. The maximum absolute atomic E-state index is 12.3. The van der Waals surface area contributed by atoms with Crippen LogP contribution in [0.15, 0.2) is 49.6 Å². The number of allylic oxidation sites excluding steroid dienone is 2. The van der Waals surface area contributed by atoms with Crippen molar-refractivity contribution in [1.82, 2.24) is 0 Å². The van der Waals surface area contributed by atoms with E-state index in [-0.39, 0.29) is 11.9 Å². The van der Waals surface area contributed by atoms with Gasteiger partial charge in [-0.25, -0.2) is 0 Å². The number of ether oxygens (including phenoxy) is 1. The molecule has 0 radical (unpaired) electrons. The van der Waals surface area contributed by atoms with Gasteiger partial charge in [-0.15, -0.1) is 13.2 Å². The van der Waals surface area contributed by atoms with Crippen molar-refractivity contribution >= 4 is 5.97 Å². The third-order valence-electron chi connectivity index (χ3n) is 4.97. The quantitative estimate of drug-likeness (QED) is 0.245. The van der Waals surface area contributed by atoms with Gasteiger partial charge in [0.15, 0.2) is 0 Å². The molecule has 2 nitrogen and oxygen atoms in total. The van der Waals surface area contributed by atoms with Crippen molar-refractivity contribution in [2.75, 3.05) is 0 Å². The molecular weight excluding hydrogens is 296 g/mol. The van der Waals surface area contributed by atoms with E-state index in [1.807, 2.05) is 36.4 Å². The van der Waals surface area contributed by atoms with Gasteiger partial charge < -0.3 is 4.74 Å². The highest BCUT2D eigenvalue weighted by Gasteiger charge is 2.27. The number of hydrogen-bond donors (Lipinski definition) is 0. The Morgan fingerprint density at radius 3 is 2.38 bits per heavy atom. The van der Waals surface area contributed by atoms with E-state index < -0.39 is 0 Å². The predicted molar refractivity (Wildman–Crippen MR) is 100 cm³/mol. The minimum Gasteiger partial charge on any atom is -0.426 e. The second-order valence-corrected chi connectivity index (χ2v) is 6.85. The molecule has 0 atom stereocenters. The molecule has 2 heteroatoms. The molecule has 0 aromatic heterocycles. The number of carbonyl (C=O) groups excluding carboxylic acids is 1. The van der Waals surface area contributed by atoms with Crippen LogP contribution in [0.25, 0.3) is 0 Å². The summed E-state index contributed by atoms with van der Waals surface area (Å²) >= 11 is 0. The molecule has 0 bridgehead atoms. The molecule has 0 N–H and O–H groups in total. The molecule has 2 rings (SSSR count). The average Bonchev–Trinajstić information content (AvgIpc) is 2.61. The molecule has 24 heavy (non-hydrogen) atoms. The van der Waals surface area contributed by atoms with Crippen molar-refractivity contribution in [3.05, 3.63) is 55.1 Å². The van der Waals surface area contributed by atoms with Crippen LogP contribution < -0.4 is 4.74 Å². The summed E-state index contributed by atoms with van der Waals surface area (Å²) in [5.41, 5.74) is 1.18. The van der Waals surface area contributed by atoms with Crippen LogP contribution in [0.3, 0.4) is 0 Å². The highest BCUT2D eigenvalue weighted by molar-refractivity contribution is 5.75. The van der Waals surface area contributed by atoms with Crippen molar-refractivity contribution in [3.8, 4) is 5.75 Å². The SMILES string of the molecule is C=CCCCCC1CCC(C(=O)Oc2ccc(CC=C)cc2)CC1. The van der Waals surface area contributed by atoms with Crippen LogP contribution in [-0.2, 0) is 11.2 Å². The van der Waals surface area contributed by atoms with Crippen molar-refractivity contribution in [2.24, 2.45) is 11.8 Å². The van der Waals surface area contributed by atoms with Crippen LogP contribution in [0, 0.1) is 11.8 Å². The van der Waals surface area contributed by atoms with Crippen molar-refractivity contribution in [2.45, 2.75) is 57.8 Å². The fraction of sp³-hybridized carbons (Fsp3) is 0.500. The molecular formula is C22H30O2. The average molecular weight is 326 g/mol. The first-order valence-electron chi connectivity index (χ1n) is 9.25. The van der Waals surface area contributed by atoms with Gasteiger partial charge in [0.05, 0.1) is 5.92 Å². The normalized spacial score (nSPS) is 20.3. The third kappa shape index (κ3) is 5.99. The Labute approximate surface area is 146 Å². The fourth-order valence-corrected chi connectivity index (χ4v) is 3.47. The summed E-state index contributed by atoms with van der Waals surface area (Å²) in [7, 11) is 0. The van der Waals surface area contributed by atoms with Crippen molar-refractivity contribution in [1.29, 1.82) is 0 Å². The number of rotatable bonds is 9. The number of benzene rings is 1. The Hall–Kier alpha value is -1.83. The summed E-state index contributed by atoms with van der Waals surface area (Å²) in [6.45, 7) is 7.50. The van der Waals surface area contributed by atoms with E-state index in [9.17, 15) is 4.79 Å². The Balaban J connectivity index is 1.72. The standard InChI is InChI=1S/C22H30O2/c1-3-5-6-7-9-19-10-14-20(15-11-19)22(23)24-21-16-12-18(8-4-2)13-17-21/h3-4,12-13,16-17,19-20H,1-2,5-11,14-15H2. The minimum absolute atomic E-state index is 0.0587. The molecule has 1 aliphatic rings. The molecule has 0 heterocycles. The van der Waals surface area contributed by atoms with E-state index in [1.54, 1.807) is 0 Å². The fourth-order valence-electron chi connectivity index (χ4n) is 3.47. The van der Waals surface area contributed by atoms with E-state index in [0.717, 1.165) is 44.4 Å². The number of esters is 1. The van der Waals surface area contributed by atoms with E-state index >= 15 is 0 Å². The molecule has 130 valence electrons. The summed E-state index contributed by atoms with van der Waals surface area (Å²) in [5, 5.41) is 0. The molecule has 1 aliphatic carbocycles. The van der Waals surface area contributed by atoms with Gasteiger partial charge in [0.2, 0.25) is 0 Å². The van der Waals surface area contributed by atoms with Gasteiger partial charge >= 0.3 is 5.97 Å². The molecule has 1 saturated carbocycles. The first-order chi connectivity index (χ1) is 11.7. The van der Waals surface area contributed by atoms with E-state index in [1.165, 1.54) is 24.8 Å². The van der Waals surface area contributed by atoms with E-state index in [4.69, 9.17) is 4.74 Å². The van der Waals surface area contributed by atoms with Gasteiger partial charge in [0.1, 0.15) is 5.75 Å².